The Labute approximate surface area is 275 Å². The number of unbranched alkanes of at least 4 members (excludes halogenated alkanes) is 1. The number of aliphatic hydroxyl groups is 1. The van der Waals surface area contributed by atoms with Crippen molar-refractivity contribution < 1.29 is 24.2 Å². The molecular formula is C34H32ClN3O5S2. The number of aliphatic hydroxyl groups excluding tert-OH is 1. The molecule has 1 atom stereocenters. The molecular weight excluding hydrogens is 630 g/mol. The Morgan fingerprint density at radius 2 is 1.82 bits per heavy atom. The molecule has 0 aliphatic carbocycles. The molecule has 1 aromatic heterocycles. The second-order valence-corrected chi connectivity index (χ2v) is 12.7. The number of ketones is 1. The third kappa shape index (κ3) is 7.76. The molecule has 0 spiro atoms. The van der Waals surface area contributed by atoms with Gasteiger partial charge in [0.15, 0.2) is 27.4 Å². The van der Waals surface area contributed by atoms with Crippen LogP contribution in [0.1, 0.15) is 49.4 Å². The van der Waals surface area contributed by atoms with E-state index in [-0.39, 0.29) is 10.7 Å². The molecule has 0 saturated heterocycles. The first-order valence-corrected chi connectivity index (χ1v) is 16.7. The summed E-state index contributed by atoms with van der Waals surface area (Å²) < 4.78 is 12.5. The van der Waals surface area contributed by atoms with E-state index in [1.807, 2.05) is 61.5 Å². The van der Waals surface area contributed by atoms with Gasteiger partial charge in [-0.15, -0.1) is 10.2 Å². The Hall–Kier alpha value is -4.12. The first-order valence-electron chi connectivity index (χ1n) is 14.5. The van der Waals surface area contributed by atoms with Gasteiger partial charge in [-0.25, -0.2) is 0 Å². The minimum absolute atomic E-state index is 0.0557. The van der Waals surface area contributed by atoms with Gasteiger partial charge in [0.05, 0.1) is 24.8 Å². The SMILES string of the molecule is CCCCOc1ccc(C2C(C(=O)C=Cc3ccccc3)=C(O)C(=O)N2c2nnc(SCc3ccc(Cl)cc3)s2)cc1OCC. The molecule has 0 bridgehead atoms. The molecule has 1 amide bonds. The van der Waals surface area contributed by atoms with Crippen LogP contribution in [0, 0.1) is 0 Å². The highest BCUT2D eigenvalue weighted by Gasteiger charge is 2.45. The minimum atomic E-state index is -0.976. The number of amides is 1. The molecule has 5 rings (SSSR count). The molecule has 2 heterocycles. The number of hydrogen-bond acceptors (Lipinski definition) is 9. The lowest BCUT2D eigenvalue weighted by Gasteiger charge is -2.24. The number of benzene rings is 3. The summed E-state index contributed by atoms with van der Waals surface area (Å²) in [6, 6.07) is 21.2. The molecule has 0 radical (unpaired) electrons. The number of halogens is 1. The lowest BCUT2D eigenvalue weighted by molar-refractivity contribution is -0.117. The zero-order chi connectivity index (χ0) is 31.8. The largest absolute Gasteiger partial charge is 0.503 e. The summed E-state index contributed by atoms with van der Waals surface area (Å²) in [7, 11) is 0. The van der Waals surface area contributed by atoms with Crippen LogP contribution in [-0.4, -0.2) is 40.2 Å². The zero-order valence-corrected chi connectivity index (χ0v) is 27.2. The molecule has 0 saturated carbocycles. The third-order valence-corrected chi connectivity index (χ3v) is 9.30. The van der Waals surface area contributed by atoms with E-state index < -0.39 is 23.5 Å². The Bertz CT molecular complexity index is 1710. The van der Waals surface area contributed by atoms with Crippen LogP contribution in [0.3, 0.4) is 0 Å². The normalized spacial score (nSPS) is 14.9. The van der Waals surface area contributed by atoms with E-state index in [1.165, 1.54) is 34.1 Å². The van der Waals surface area contributed by atoms with Gasteiger partial charge in [0, 0.05) is 10.8 Å². The monoisotopic (exact) mass is 661 g/mol. The van der Waals surface area contributed by atoms with Gasteiger partial charge >= 0.3 is 0 Å². The highest BCUT2D eigenvalue weighted by molar-refractivity contribution is 8.00. The number of carbonyl (C=O) groups is 2. The molecule has 232 valence electrons. The Balaban J connectivity index is 1.50. The summed E-state index contributed by atoms with van der Waals surface area (Å²) in [6.45, 7) is 4.87. The average Bonchev–Trinajstić information content (AvgIpc) is 3.62. The topological polar surface area (TPSA) is 102 Å². The van der Waals surface area contributed by atoms with E-state index in [2.05, 4.69) is 17.1 Å². The summed E-state index contributed by atoms with van der Waals surface area (Å²) in [6.07, 6.45) is 4.88. The Kier molecular flexibility index (Phi) is 10.9. The van der Waals surface area contributed by atoms with Gasteiger partial charge in [0.1, 0.15) is 0 Å². The summed E-state index contributed by atoms with van der Waals surface area (Å²) in [5.74, 6) is -0.199. The van der Waals surface area contributed by atoms with Gasteiger partial charge in [-0.2, -0.15) is 0 Å². The maximum absolute atomic E-state index is 13.7. The summed E-state index contributed by atoms with van der Waals surface area (Å²) >= 11 is 8.68. The maximum atomic E-state index is 13.7. The summed E-state index contributed by atoms with van der Waals surface area (Å²) in [5, 5.41) is 20.7. The van der Waals surface area contributed by atoms with Crippen LogP contribution in [0.2, 0.25) is 5.02 Å². The van der Waals surface area contributed by atoms with Crippen LogP contribution < -0.4 is 14.4 Å². The lowest BCUT2D eigenvalue weighted by Crippen LogP contribution is -2.31. The van der Waals surface area contributed by atoms with Crippen molar-refractivity contribution >= 4 is 57.6 Å². The Morgan fingerprint density at radius 3 is 2.56 bits per heavy atom. The molecule has 4 aromatic rings. The van der Waals surface area contributed by atoms with Crippen LogP contribution in [0.15, 0.2) is 94.5 Å². The van der Waals surface area contributed by atoms with Crippen LogP contribution >= 0.6 is 34.7 Å². The number of anilines is 1. The fraction of sp³-hybridized carbons (Fsp3) is 0.235. The van der Waals surface area contributed by atoms with E-state index in [0.29, 0.717) is 45.4 Å². The van der Waals surface area contributed by atoms with Crippen LogP contribution in [-0.2, 0) is 15.3 Å². The molecule has 1 N–H and O–H groups in total. The predicted molar refractivity (Wildman–Crippen MR) is 179 cm³/mol. The number of carbonyl (C=O) groups excluding carboxylic acids is 2. The van der Waals surface area contributed by atoms with Gasteiger partial charge in [-0.3, -0.25) is 14.5 Å². The number of allylic oxidation sites excluding steroid dienone is 1. The predicted octanol–water partition coefficient (Wildman–Crippen LogP) is 8.24. The standard InChI is InChI=1S/C34H32ClN3O5S2/c1-3-5-19-43-27-18-14-24(20-28(27)42-4-2)30-29(26(39)17-13-22-9-7-6-8-10-22)31(40)32(41)38(30)33-36-37-34(45-33)44-21-23-11-15-25(35)16-12-23/h6-18,20,30,40H,3-5,19,21H2,1-2H3. The van der Waals surface area contributed by atoms with Crippen molar-refractivity contribution in [1.29, 1.82) is 0 Å². The van der Waals surface area contributed by atoms with Crippen molar-refractivity contribution in [1.82, 2.24) is 10.2 Å². The minimum Gasteiger partial charge on any atom is -0.503 e. The lowest BCUT2D eigenvalue weighted by atomic mass is 9.95. The van der Waals surface area contributed by atoms with Gasteiger partial charge in [0.25, 0.3) is 5.91 Å². The number of rotatable bonds is 14. The second kappa shape index (κ2) is 15.2. The molecule has 8 nitrogen and oxygen atoms in total. The second-order valence-electron chi connectivity index (χ2n) is 10.1. The Morgan fingerprint density at radius 1 is 1.04 bits per heavy atom. The van der Waals surface area contributed by atoms with E-state index in [4.69, 9.17) is 21.1 Å². The van der Waals surface area contributed by atoms with E-state index >= 15 is 0 Å². The highest BCUT2D eigenvalue weighted by atomic mass is 35.5. The fourth-order valence-corrected chi connectivity index (χ4v) is 6.64. The average molecular weight is 662 g/mol. The van der Waals surface area contributed by atoms with Gasteiger partial charge in [-0.05, 0) is 60.4 Å². The highest BCUT2D eigenvalue weighted by Crippen LogP contribution is 2.45. The maximum Gasteiger partial charge on any atom is 0.296 e. The van der Waals surface area contributed by atoms with Gasteiger partial charge in [0.2, 0.25) is 5.13 Å². The van der Waals surface area contributed by atoms with Gasteiger partial charge in [-0.1, -0.05) is 103 Å². The van der Waals surface area contributed by atoms with E-state index in [1.54, 1.807) is 24.3 Å². The molecule has 3 aromatic carbocycles. The number of thioether (sulfide) groups is 1. The van der Waals surface area contributed by atoms with Crippen molar-refractivity contribution in [2.75, 3.05) is 18.1 Å². The molecule has 45 heavy (non-hydrogen) atoms. The van der Waals surface area contributed by atoms with E-state index in [0.717, 1.165) is 24.0 Å². The zero-order valence-electron chi connectivity index (χ0n) is 24.8. The fourth-order valence-electron chi connectivity index (χ4n) is 4.69. The molecule has 11 heteroatoms. The van der Waals surface area contributed by atoms with Crippen molar-refractivity contribution in [3.63, 3.8) is 0 Å². The van der Waals surface area contributed by atoms with E-state index in [9.17, 15) is 14.7 Å². The van der Waals surface area contributed by atoms with Crippen molar-refractivity contribution in [2.24, 2.45) is 0 Å². The summed E-state index contributed by atoms with van der Waals surface area (Å²) in [4.78, 5) is 28.7. The van der Waals surface area contributed by atoms with Crippen molar-refractivity contribution in [3.05, 3.63) is 112 Å². The number of aromatic nitrogens is 2. The first-order chi connectivity index (χ1) is 21.9. The van der Waals surface area contributed by atoms with Crippen molar-refractivity contribution in [3.8, 4) is 11.5 Å². The van der Waals surface area contributed by atoms with Gasteiger partial charge < -0.3 is 14.6 Å². The first kappa shape index (κ1) is 32.3. The molecule has 1 aliphatic heterocycles. The molecule has 0 fully saturated rings. The van der Waals surface area contributed by atoms with Crippen LogP contribution in [0.25, 0.3) is 6.08 Å². The van der Waals surface area contributed by atoms with Crippen molar-refractivity contribution in [2.45, 2.75) is 42.8 Å². The number of hydrogen-bond donors (Lipinski definition) is 1. The van der Waals surface area contributed by atoms with Crippen LogP contribution in [0.5, 0.6) is 11.5 Å². The quantitative estimate of drug-likeness (QED) is 0.0624. The molecule has 1 unspecified atom stereocenters. The summed E-state index contributed by atoms with van der Waals surface area (Å²) in [5.41, 5.74) is 2.36. The number of nitrogens with zero attached hydrogens (tertiary/aromatic N) is 3. The molecule has 1 aliphatic rings. The number of ether oxygens (including phenoxy) is 2. The smallest absolute Gasteiger partial charge is 0.296 e. The van der Waals surface area contributed by atoms with Crippen LogP contribution in [0.4, 0.5) is 5.13 Å². The third-order valence-electron chi connectivity index (χ3n) is 6.92.